The van der Waals surface area contributed by atoms with Gasteiger partial charge < -0.3 is 14.8 Å². The zero-order valence-electron chi connectivity index (χ0n) is 15.8. The van der Waals surface area contributed by atoms with E-state index in [9.17, 15) is 13.6 Å². The van der Waals surface area contributed by atoms with Crippen LogP contribution in [0.5, 0.6) is 0 Å². The van der Waals surface area contributed by atoms with Crippen LogP contribution in [0.3, 0.4) is 0 Å². The van der Waals surface area contributed by atoms with Crippen molar-refractivity contribution in [1.29, 1.82) is 0 Å². The highest BCUT2D eigenvalue weighted by atomic mass is 35.5. The molecule has 1 aromatic heterocycles. The Balaban J connectivity index is 1.49. The van der Waals surface area contributed by atoms with Gasteiger partial charge in [-0.15, -0.1) is 0 Å². The lowest BCUT2D eigenvalue weighted by Gasteiger charge is -2.35. The third kappa shape index (κ3) is 6.33. The fourth-order valence-corrected chi connectivity index (χ4v) is 4.82. The first kappa shape index (κ1) is 21.9. The van der Waals surface area contributed by atoms with Crippen LogP contribution in [-0.4, -0.2) is 72.5 Å². The molecule has 0 saturated carbocycles. The van der Waals surface area contributed by atoms with Crippen LogP contribution >= 0.6 is 11.6 Å². The highest BCUT2D eigenvalue weighted by molar-refractivity contribution is 7.89. The van der Waals surface area contributed by atoms with Gasteiger partial charge in [0.05, 0.1) is 25.0 Å². The van der Waals surface area contributed by atoms with Crippen molar-refractivity contribution in [3.05, 3.63) is 53.4 Å². The SMILES string of the molecule is O=S(=O)(CC(COCc1ccccc1)NO)N1CCN(c2cc(Cl)ncn2)CC1. The Morgan fingerprint density at radius 1 is 1.17 bits per heavy atom. The van der Waals surface area contributed by atoms with Crippen LogP contribution in [0.25, 0.3) is 0 Å². The Labute approximate surface area is 175 Å². The quantitative estimate of drug-likeness (QED) is 0.440. The second-order valence-electron chi connectivity index (χ2n) is 6.69. The van der Waals surface area contributed by atoms with E-state index in [1.807, 2.05) is 35.2 Å². The van der Waals surface area contributed by atoms with E-state index in [-0.39, 0.29) is 12.4 Å². The molecule has 0 radical (unpaired) electrons. The summed E-state index contributed by atoms with van der Waals surface area (Å²) in [4.78, 5) is 9.99. The molecule has 1 atom stereocenters. The zero-order chi connectivity index (χ0) is 20.7. The van der Waals surface area contributed by atoms with Crippen LogP contribution in [0.2, 0.25) is 5.15 Å². The maximum atomic E-state index is 12.7. The van der Waals surface area contributed by atoms with Crippen molar-refractivity contribution in [2.24, 2.45) is 0 Å². The van der Waals surface area contributed by atoms with Gasteiger partial charge in [0.25, 0.3) is 0 Å². The molecule has 3 rings (SSSR count). The minimum absolute atomic E-state index is 0.0734. The van der Waals surface area contributed by atoms with Crippen LogP contribution in [0.1, 0.15) is 5.56 Å². The van der Waals surface area contributed by atoms with Crippen molar-refractivity contribution in [3.8, 4) is 0 Å². The summed E-state index contributed by atoms with van der Waals surface area (Å²) < 4.78 is 32.5. The lowest BCUT2D eigenvalue weighted by molar-refractivity contribution is 0.0496. The smallest absolute Gasteiger partial charge is 0.215 e. The van der Waals surface area contributed by atoms with Gasteiger partial charge in [-0.25, -0.2) is 18.4 Å². The second kappa shape index (κ2) is 10.3. The predicted octanol–water partition coefficient (Wildman–Crippen LogP) is 1.15. The first-order chi connectivity index (χ1) is 14.0. The van der Waals surface area contributed by atoms with Gasteiger partial charge in [0.1, 0.15) is 17.3 Å². The third-order valence-electron chi connectivity index (χ3n) is 4.60. The first-order valence-corrected chi connectivity index (χ1v) is 11.2. The standard InChI is InChI=1S/C18H24ClN5O4S/c19-17-10-18(21-14-20-17)23-6-8-24(9-7-23)29(26,27)13-16(22-25)12-28-11-15-4-2-1-3-5-15/h1-5,10,14,16,22,25H,6-9,11-13H2. The number of rotatable bonds is 9. The van der Waals surface area contributed by atoms with Crippen LogP contribution in [0, 0.1) is 0 Å². The van der Waals surface area contributed by atoms with Gasteiger partial charge in [-0.2, -0.15) is 9.79 Å². The molecule has 1 saturated heterocycles. The molecule has 1 aliphatic rings. The fraction of sp³-hybridized carbons (Fsp3) is 0.444. The molecule has 158 valence electrons. The van der Waals surface area contributed by atoms with Crippen LogP contribution in [0.4, 0.5) is 5.82 Å². The molecule has 2 heterocycles. The lowest BCUT2D eigenvalue weighted by atomic mass is 10.2. The van der Waals surface area contributed by atoms with E-state index >= 15 is 0 Å². The molecule has 1 aromatic carbocycles. The first-order valence-electron chi connectivity index (χ1n) is 9.19. The van der Waals surface area contributed by atoms with Crippen molar-refractivity contribution in [1.82, 2.24) is 19.8 Å². The number of nitrogens with zero attached hydrogens (tertiary/aromatic N) is 4. The molecule has 1 fully saturated rings. The van der Waals surface area contributed by atoms with Gasteiger partial charge in [-0.1, -0.05) is 41.9 Å². The number of hydrogen-bond acceptors (Lipinski definition) is 8. The van der Waals surface area contributed by atoms with Crippen molar-refractivity contribution in [3.63, 3.8) is 0 Å². The van der Waals surface area contributed by atoms with Crippen molar-refractivity contribution < 1.29 is 18.4 Å². The van der Waals surface area contributed by atoms with Gasteiger partial charge in [0.15, 0.2) is 0 Å². The van der Waals surface area contributed by atoms with Crippen molar-refractivity contribution in [2.75, 3.05) is 43.4 Å². The summed E-state index contributed by atoms with van der Waals surface area (Å²) in [6, 6.07) is 10.5. The van der Waals surface area contributed by atoms with E-state index in [0.29, 0.717) is 43.8 Å². The van der Waals surface area contributed by atoms with Gasteiger partial charge >= 0.3 is 0 Å². The monoisotopic (exact) mass is 441 g/mol. The fourth-order valence-electron chi connectivity index (χ4n) is 3.07. The zero-order valence-corrected chi connectivity index (χ0v) is 17.4. The minimum atomic E-state index is -3.56. The summed E-state index contributed by atoms with van der Waals surface area (Å²) in [5.41, 5.74) is 3.03. The summed E-state index contributed by atoms with van der Waals surface area (Å²) >= 11 is 5.89. The Morgan fingerprint density at radius 2 is 1.90 bits per heavy atom. The topological polar surface area (TPSA) is 108 Å². The number of piperazine rings is 1. The Bertz CT molecular complexity index is 879. The molecular formula is C18H24ClN5O4S. The van der Waals surface area contributed by atoms with Crippen LogP contribution in [-0.2, 0) is 21.4 Å². The molecule has 11 heteroatoms. The van der Waals surface area contributed by atoms with E-state index < -0.39 is 16.1 Å². The summed E-state index contributed by atoms with van der Waals surface area (Å²) in [5, 5.41) is 9.70. The molecule has 0 bridgehead atoms. The number of sulfonamides is 1. The van der Waals surface area contributed by atoms with Crippen molar-refractivity contribution >= 4 is 27.4 Å². The Kier molecular flexibility index (Phi) is 7.76. The number of hydroxylamine groups is 1. The predicted molar refractivity (Wildman–Crippen MR) is 109 cm³/mol. The lowest BCUT2D eigenvalue weighted by Crippen LogP contribution is -2.51. The molecule has 0 spiro atoms. The molecule has 0 aliphatic carbocycles. The summed E-state index contributed by atoms with van der Waals surface area (Å²) in [6.07, 6.45) is 1.38. The van der Waals surface area contributed by atoms with Gasteiger partial charge in [0.2, 0.25) is 10.0 Å². The third-order valence-corrected chi connectivity index (χ3v) is 6.78. The average molecular weight is 442 g/mol. The number of nitrogens with one attached hydrogen (secondary N) is 1. The van der Waals surface area contributed by atoms with E-state index in [0.717, 1.165) is 5.56 Å². The van der Waals surface area contributed by atoms with Crippen molar-refractivity contribution in [2.45, 2.75) is 12.6 Å². The van der Waals surface area contributed by atoms with E-state index in [4.69, 9.17) is 16.3 Å². The summed E-state index contributed by atoms with van der Waals surface area (Å²) in [6.45, 7) is 2.06. The van der Waals surface area contributed by atoms with Gasteiger partial charge in [0, 0.05) is 32.2 Å². The maximum absolute atomic E-state index is 12.7. The Hall–Kier alpha value is -1.82. The van der Waals surface area contributed by atoms with Gasteiger partial charge in [-0.3, -0.25) is 0 Å². The molecule has 2 N–H and O–H groups in total. The molecule has 29 heavy (non-hydrogen) atoms. The number of halogens is 1. The van der Waals surface area contributed by atoms with Crippen LogP contribution in [0.15, 0.2) is 42.7 Å². The average Bonchev–Trinajstić information content (AvgIpc) is 2.74. The summed E-state index contributed by atoms with van der Waals surface area (Å²) in [7, 11) is -3.56. The highest BCUT2D eigenvalue weighted by Crippen LogP contribution is 2.18. The van der Waals surface area contributed by atoms with E-state index in [1.165, 1.54) is 10.6 Å². The minimum Gasteiger partial charge on any atom is -0.375 e. The van der Waals surface area contributed by atoms with Crippen LogP contribution < -0.4 is 10.4 Å². The normalized spacial score (nSPS) is 16.7. The van der Waals surface area contributed by atoms with Gasteiger partial charge in [-0.05, 0) is 5.56 Å². The number of aromatic nitrogens is 2. The molecule has 2 aromatic rings. The number of hydrogen-bond donors (Lipinski definition) is 2. The maximum Gasteiger partial charge on any atom is 0.215 e. The van der Waals surface area contributed by atoms with E-state index in [2.05, 4.69) is 15.4 Å². The number of benzene rings is 1. The molecular weight excluding hydrogens is 418 g/mol. The second-order valence-corrected chi connectivity index (χ2v) is 9.09. The molecule has 1 aliphatic heterocycles. The Morgan fingerprint density at radius 3 is 2.55 bits per heavy atom. The molecule has 1 unspecified atom stereocenters. The van der Waals surface area contributed by atoms with E-state index in [1.54, 1.807) is 6.07 Å². The number of ether oxygens (including phenoxy) is 1. The number of anilines is 1. The summed E-state index contributed by atoms with van der Waals surface area (Å²) in [5.74, 6) is 0.420. The molecule has 9 nitrogen and oxygen atoms in total. The largest absolute Gasteiger partial charge is 0.375 e. The molecule has 0 amide bonds. The highest BCUT2D eigenvalue weighted by Gasteiger charge is 2.30.